The maximum absolute atomic E-state index is 10.4. The highest BCUT2D eigenvalue weighted by atomic mass is 16.1. The van der Waals surface area contributed by atoms with Crippen LogP contribution in [-0.4, -0.2) is 5.94 Å². The van der Waals surface area contributed by atoms with Crippen molar-refractivity contribution in [3.05, 3.63) is 41.0 Å². The average molecular weight is 159 g/mol. The Morgan fingerprint density at radius 3 is 2.83 bits per heavy atom. The van der Waals surface area contributed by atoms with E-state index in [1.807, 2.05) is 30.2 Å². The van der Waals surface area contributed by atoms with Crippen LogP contribution in [0, 0.1) is 0 Å². The van der Waals surface area contributed by atoms with Crippen LogP contribution in [0.5, 0.6) is 0 Å². The maximum Gasteiger partial charge on any atom is 0.125 e. The van der Waals surface area contributed by atoms with Gasteiger partial charge in [0.2, 0.25) is 0 Å². The van der Waals surface area contributed by atoms with Gasteiger partial charge in [-0.2, -0.15) is 0 Å². The fourth-order valence-electron chi connectivity index (χ4n) is 1.60. The standard InChI is InChI=1S/C10H9NO/c11-10-8(6-12)5-7-3-1-2-4-9(7)10/h1-4,10H,5,11H2. The van der Waals surface area contributed by atoms with Crippen LogP contribution in [0.3, 0.4) is 0 Å². The highest BCUT2D eigenvalue weighted by Gasteiger charge is 2.23. The van der Waals surface area contributed by atoms with Crippen molar-refractivity contribution in [3.63, 3.8) is 0 Å². The van der Waals surface area contributed by atoms with Crippen molar-refractivity contribution < 1.29 is 4.79 Å². The molecule has 0 heterocycles. The summed E-state index contributed by atoms with van der Waals surface area (Å²) < 4.78 is 0. The van der Waals surface area contributed by atoms with Crippen LogP contribution in [0.15, 0.2) is 29.8 Å². The van der Waals surface area contributed by atoms with E-state index in [2.05, 4.69) is 0 Å². The molecule has 0 bridgehead atoms. The fourth-order valence-corrected chi connectivity index (χ4v) is 1.60. The van der Waals surface area contributed by atoms with Crippen LogP contribution in [0.2, 0.25) is 0 Å². The molecule has 0 fully saturated rings. The van der Waals surface area contributed by atoms with Crippen molar-refractivity contribution in [2.24, 2.45) is 5.73 Å². The Labute approximate surface area is 70.7 Å². The van der Waals surface area contributed by atoms with E-state index in [1.165, 1.54) is 0 Å². The quantitative estimate of drug-likeness (QED) is 0.574. The number of fused-ring (bicyclic) bond motifs is 1. The van der Waals surface area contributed by atoms with Gasteiger partial charge in [0.25, 0.3) is 0 Å². The smallest absolute Gasteiger partial charge is 0.125 e. The van der Waals surface area contributed by atoms with E-state index >= 15 is 0 Å². The SMILES string of the molecule is NC1C(=C=O)Cc2ccccc21. The number of carbonyl (C=O) groups excluding carboxylic acids is 1. The summed E-state index contributed by atoms with van der Waals surface area (Å²) in [4.78, 5) is 10.4. The Morgan fingerprint density at radius 1 is 1.42 bits per heavy atom. The zero-order valence-corrected chi connectivity index (χ0v) is 6.58. The van der Waals surface area contributed by atoms with Crippen molar-refractivity contribution >= 4 is 5.94 Å². The van der Waals surface area contributed by atoms with Crippen molar-refractivity contribution in [2.75, 3.05) is 0 Å². The predicted molar refractivity (Wildman–Crippen MR) is 46.3 cm³/mol. The minimum absolute atomic E-state index is 0.223. The van der Waals surface area contributed by atoms with Crippen LogP contribution in [0.25, 0.3) is 0 Å². The van der Waals surface area contributed by atoms with Crippen molar-refractivity contribution in [1.29, 1.82) is 0 Å². The molecule has 1 aliphatic rings. The topological polar surface area (TPSA) is 43.1 Å². The fraction of sp³-hybridized carbons (Fsp3) is 0.200. The molecular weight excluding hydrogens is 150 g/mol. The molecule has 0 saturated carbocycles. The summed E-state index contributed by atoms with van der Waals surface area (Å²) in [5, 5.41) is 0. The Balaban J connectivity index is 2.56. The van der Waals surface area contributed by atoms with Crippen LogP contribution < -0.4 is 5.73 Å². The van der Waals surface area contributed by atoms with Gasteiger partial charge in [0.1, 0.15) is 5.94 Å². The molecule has 0 spiro atoms. The van der Waals surface area contributed by atoms with E-state index in [-0.39, 0.29) is 6.04 Å². The van der Waals surface area contributed by atoms with Crippen LogP contribution in [-0.2, 0) is 11.2 Å². The normalized spacial score (nSPS) is 20.4. The second-order valence-corrected chi connectivity index (χ2v) is 2.98. The van der Waals surface area contributed by atoms with E-state index < -0.39 is 0 Å². The van der Waals surface area contributed by atoms with Gasteiger partial charge in [-0.3, -0.25) is 0 Å². The minimum Gasteiger partial charge on any atom is -0.320 e. The van der Waals surface area contributed by atoms with E-state index in [0.29, 0.717) is 12.0 Å². The molecule has 60 valence electrons. The molecule has 2 rings (SSSR count). The van der Waals surface area contributed by atoms with Crippen molar-refractivity contribution in [3.8, 4) is 0 Å². The molecule has 0 aromatic heterocycles. The molecule has 1 atom stereocenters. The molecule has 0 aliphatic heterocycles. The second-order valence-electron chi connectivity index (χ2n) is 2.98. The largest absolute Gasteiger partial charge is 0.320 e. The first-order valence-corrected chi connectivity index (χ1v) is 3.90. The van der Waals surface area contributed by atoms with E-state index in [0.717, 1.165) is 11.1 Å². The number of nitrogens with two attached hydrogens (primary N) is 1. The highest BCUT2D eigenvalue weighted by Crippen LogP contribution is 2.31. The van der Waals surface area contributed by atoms with Crippen molar-refractivity contribution in [2.45, 2.75) is 12.5 Å². The number of benzene rings is 1. The molecule has 12 heavy (non-hydrogen) atoms. The molecule has 2 N–H and O–H groups in total. The van der Waals surface area contributed by atoms with Gasteiger partial charge in [0.05, 0.1) is 6.04 Å². The van der Waals surface area contributed by atoms with Gasteiger partial charge in [0, 0.05) is 12.0 Å². The molecule has 1 aromatic rings. The lowest BCUT2D eigenvalue weighted by Crippen LogP contribution is -2.08. The molecule has 0 radical (unpaired) electrons. The molecule has 1 aromatic carbocycles. The third-order valence-corrected chi connectivity index (χ3v) is 2.28. The summed E-state index contributed by atoms with van der Waals surface area (Å²) >= 11 is 0. The first kappa shape index (κ1) is 7.29. The first-order valence-electron chi connectivity index (χ1n) is 3.90. The Bertz CT molecular complexity index is 364. The summed E-state index contributed by atoms with van der Waals surface area (Å²) in [6, 6.07) is 7.63. The van der Waals surface area contributed by atoms with Crippen LogP contribution in [0.1, 0.15) is 17.2 Å². The molecule has 0 amide bonds. The Kier molecular flexibility index (Phi) is 1.58. The zero-order chi connectivity index (χ0) is 8.55. The van der Waals surface area contributed by atoms with Gasteiger partial charge < -0.3 is 5.73 Å². The van der Waals surface area contributed by atoms with E-state index in [1.54, 1.807) is 0 Å². The van der Waals surface area contributed by atoms with Gasteiger partial charge >= 0.3 is 0 Å². The zero-order valence-electron chi connectivity index (χ0n) is 6.58. The van der Waals surface area contributed by atoms with Gasteiger partial charge in [-0.15, -0.1) is 0 Å². The van der Waals surface area contributed by atoms with Gasteiger partial charge in [-0.1, -0.05) is 24.3 Å². The lowest BCUT2D eigenvalue weighted by atomic mass is 10.1. The predicted octanol–water partition coefficient (Wildman–Crippen LogP) is 1.00. The highest BCUT2D eigenvalue weighted by molar-refractivity contribution is 5.62. The summed E-state index contributed by atoms with van der Waals surface area (Å²) in [7, 11) is 0. The van der Waals surface area contributed by atoms with E-state index in [9.17, 15) is 4.79 Å². The summed E-state index contributed by atoms with van der Waals surface area (Å²) in [6.07, 6.45) is 0.667. The Hall–Kier alpha value is -1.37. The maximum atomic E-state index is 10.4. The van der Waals surface area contributed by atoms with Gasteiger partial charge in [0.15, 0.2) is 0 Å². The average Bonchev–Trinajstić information content (AvgIpc) is 2.44. The number of hydrogen-bond donors (Lipinski definition) is 1. The lowest BCUT2D eigenvalue weighted by Gasteiger charge is -2.02. The number of hydrogen-bond acceptors (Lipinski definition) is 2. The summed E-state index contributed by atoms with van der Waals surface area (Å²) in [5.41, 5.74) is 8.69. The van der Waals surface area contributed by atoms with Crippen LogP contribution >= 0.6 is 0 Å². The summed E-state index contributed by atoms with van der Waals surface area (Å²) in [5.74, 6) is 1.90. The minimum atomic E-state index is -0.223. The molecule has 2 heteroatoms. The second kappa shape index (κ2) is 2.59. The molecule has 1 aliphatic carbocycles. The Morgan fingerprint density at radius 2 is 2.17 bits per heavy atom. The third-order valence-electron chi connectivity index (χ3n) is 2.28. The number of rotatable bonds is 0. The monoisotopic (exact) mass is 159 g/mol. The molecule has 0 saturated heterocycles. The third kappa shape index (κ3) is 0.900. The van der Waals surface area contributed by atoms with Crippen molar-refractivity contribution in [1.82, 2.24) is 0 Å². The van der Waals surface area contributed by atoms with E-state index in [4.69, 9.17) is 5.73 Å². The van der Waals surface area contributed by atoms with Gasteiger partial charge in [-0.05, 0) is 11.1 Å². The lowest BCUT2D eigenvalue weighted by molar-refractivity contribution is 0.565. The first-order chi connectivity index (χ1) is 5.83. The van der Waals surface area contributed by atoms with Crippen LogP contribution in [0.4, 0.5) is 0 Å². The van der Waals surface area contributed by atoms with Gasteiger partial charge in [-0.25, -0.2) is 4.79 Å². The molecule has 2 nitrogen and oxygen atoms in total. The summed E-state index contributed by atoms with van der Waals surface area (Å²) in [6.45, 7) is 0. The molecule has 1 unspecified atom stereocenters. The molecular formula is C10H9NO.